The van der Waals surface area contributed by atoms with Crippen LogP contribution in [-0.2, 0) is 0 Å². The van der Waals surface area contributed by atoms with Gasteiger partial charge >= 0.3 is 0 Å². The Morgan fingerprint density at radius 2 is 2.00 bits per heavy atom. The van der Waals surface area contributed by atoms with Crippen molar-refractivity contribution in [2.24, 2.45) is 5.92 Å². The molecular formula is C8H14F2. The second-order valence-corrected chi connectivity index (χ2v) is 2.95. The predicted molar refractivity (Wildman–Crippen MR) is 39.2 cm³/mol. The van der Waals surface area contributed by atoms with Crippen LogP contribution < -0.4 is 0 Å². The Morgan fingerprint density at radius 1 is 1.50 bits per heavy atom. The molecule has 0 radical (unpaired) electrons. The summed E-state index contributed by atoms with van der Waals surface area (Å²) in [6.07, 6.45) is 1.02. The summed E-state index contributed by atoms with van der Waals surface area (Å²) in [5, 5.41) is 0. The zero-order valence-electron chi connectivity index (χ0n) is 6.53. The van der Waals surface area contributed by atoms with Crippen molar-refractivity contribution in [3.63, 3.8) is 0 Å². The summed E-state index contributed by atoms with van der Waals surface area (Å²) in [5.74, 6) is -2.49. The highest BCUT2D eigenvalue weighted by Gasteiger charge is 2.27. The van der Waals surface area contributed by atoms with Crippen molar-refractivity contribution in [3.8, 4) is 0 Å². The Bertz CT molecular complexity index is 106. The molecule has 0 atom stereocenters. The zero-order valence-corrected chi connectivity index (χ0v) is 6.53. The molecule has 0 saturated heterocycles. The average Bonchev–Trinajstić information content (AvgIpc) is 1.59. The summed E-state index contributed by atoms with van der Waals surface area (Å²) in [7, 11) is 0. The van der Waals surface area contributed by atoms with E-state index in [1.165, 1.54) is 6.08 Å². The summed E-state index contributed by atoms with van der Waals surface area (Å²) in [6.45, 7) is 6.85. The van der Waals surface area contributed by atoms with E-state index in [1.54, 1.807) is 13.8 Å². The first-order valence-corrected chi connectivity index (χ1v) is 3.46. The molecule has 2 heteroatoms. The molecule has 0 unspecified atom stereocenters. The topological polar surface area (TPSA) is 0 Å². The van der Waals surface area contributed by atoms with Crippen molar-refractivity contribution >= 4 is 0 Å². The first-order valence-electron chi connectivity index (χ1n) is 3.46. The third-order valence-electron chi connectivity index (χ3n) is 1.15. The van der Waals surface area contributed by atoms with Crippen LogP contribution >= 0.6 is 0 Å². The Morgan fingerprint density at radius 3 is 2.30 bits per heavy atom. The lowest BCUT2D eigenvalue weighted by Gasteiger charge is -2.15. The molecule has 0 amide bonds. The molecule has 0 aliphatic carbocycles. The fourth-order valence-electron chi connectivity index (χ4n) is 0.892. The van der Waals surface area contributed by atoms with Crippen LogP contribution in [0.5, 0.6) is 0 Å². The number of alkyl halides is 2. The van der Waals surface area contributed by atoms with Crippen LogP contribution in [0.4, 0.5) is 8.78 Å². The van der Waals surface area contributed by atoms with E-state index in [-0.39, 0.29) is 18.8 Å². The maximum absolute atomic E-state index is 12.6. The molecule has 0 aliphatic heterocycles. The van der Waals surface area contributed by atoms with E-state index < -0.39 is 5.92 Å². The molecular weight excluding hydrogens is 134 g/mol. The maximum atomic E-state index is 12.6. The van der Waals surface area contributed by atoms with E-state index in [2.05, 4.69) is 6.58 Å². The lowest BCUT2D eigenvalue weighted by molar-refractivity contribution is -0.0157. The van der Waals surface area contributed by atoms with Crippen molar-refractivity contribution in [1.29, 1.82) is 0 Å². The molecule has 0 heterocycles. The monoisotopic (exact) mass is 148 g/mol. The third-order valence-corrected chi connectivity index (χ3v) is 1.15. The van der Waals surface area contributed by atoms with Gasteiger partial charge in [-0.05, 0) is 5.92 Å². The molecule has 60 valence electrons. The fraction of sp³-hybridized carbons (Fsp3) is 0.750. The van der Waals surface area contributed by atoms with Gasteiger partial charge in [-0.1, -0.05) is 19.9 Å². The second kappa shape index (κ2) is 3.69. The Hall–Kier alpha value is -0.400. The highest BCUT2D eigenvalue weighted by atomic mass is 19.3. The molecule has 10 heavy (non-hydrogen) atoms. The molecule has 0 aromatic heterocycles. The van der Waals surface area contributed by atoms with E-state index in [1.807, 2.05) is 0 Å². The number of halogens is 2. The van der Waals surface area contributed by atoms with Crippen molar-refractivity contribution in [1.82, 2.24) is 0 Å². The van der Waals surface area contributed by atoms with Gasteiger partial charge in [0.25, 0.3) is 5.92 Å². The van der Waals surface area contributed by atoms with Crippen LogP contribution in [0.25, 0.3) is 0 Å². The van der Waals surface area contributed by atoms with Gasteiger partial charge in [0, 0.05) is 12.8 Å². The highest BCUT2D eigenvalue weighted by molar-refractivity contribution is 4.79. The van der Waals surface area contributed by atoms with Gasteiger partial charge in [0.2, 0.25) is 0 Å². The van der Waals surface area contributed by atoms with Gasteiger partial charge in [-0.15, -0.1) is 6.58 Å². The number of hydrogen-bond acceptors (Lipinski definition) is 0. The highest BCUT2D eigenvalue weighted by Crippen LogP contribution is 2.26. The van der Waals surface area contributed by atoms with Crippen LogP contribution in [0.15, 0.2) is 12.7 Å². The zero-order chi connectivity index (χ0) is 8.20. The molecule has 0 spiro atoms. The van der Waals surface area contributed by atoms with Gasteiger partial charge in [0.1, 0.15) is 0 Å². The summed E-state index contributed by atoms with van der Waals surface area (Å²) in [6, 6.07) is 0. The van der Waals surface area contributed by atoms with Crippen molar-refractivity contribution in [2.75, 3.05) is 0 Å². The molecule has 0 nitrogen and oxygen atoms in total. The molecule has 0 fully saturated rings. The quantitative estimate of drug-likeness (QED) is 0.537. The predicted octanol–water partition coefficient (Wildman–Crippen LogP) is 3.24. The molecule has 0 rings (SSSR count). The van der Waals surface area contributed by atoms with E-state index in [4.69, 9.17) is 0 Å². The second-order valence-electron chi connectivity index (χ2n) is 2.95. The van der Waals surface area contributed by atoms with E-state index >= 15 is 0 Å². The molecule has 0 aromatic carbocycles. The summed E-state index contributed by atoms with van der Waals surface area (Å²) in [5.41, 5.74) is 0. The SMILES string of the molecule is C=CCC(F)(F)CC(C)C. The lowest BCUT2D eigenvalue weighted by Crippen LogP contribution is -2.17. The normalized spacial score (nSPS) is 12.1. The van der Waals surface area contributed by atoms with E-state index in [0.29, 0.717) is 0 Å². The fourth-order valence-corrected chi connectivity index (χ4v) is 0.892. The first kappa shape index (κ1) is 9.60. The Balaban J connectivity index is 3.73. The average molecular weight is 148 g/mol. The molecule has 0 saturated carbocycles. The first-order chi connectivity index (χ1) is 4.48. The minimum Gasteiger partial charge on any atom is -0.207 e. The van der Waals surface area contributed by atoms with Gasteiger partial charge < -0.3 is 0 Å². The number of allylic oxidation sites excluding steroid dienone is 1. The molecule has 0 bridgehead atoms. The van der Waals surface area contributed by atoms with Gasteiger partial charge in [-0.3, -0.25) is 0 Å². The van der Waals surface area contributed by atoms with Crippen LogP contribution in [0.1, 0.15) is 26.7 Å². The summed E-state index contributed by atoms with van der Waals surface area (Å²) in [4.78, 5) is 0. The van der Waals surface area contributed by atoms with Crippen LogP contribution in [0, 0.1) is 5.92 Å². The van der Waals surface area contributed by atoms with E-state index in [9.17, 15) is 8.78 Å². The number of rotatable bonds is 4. The van der Waals surface area contributed by atoms with Crippen molar-refractivity contribution in [2.45, 2.75) is 32.6 Å². The standard InChI is InChI=1S/C8H14F2/c1-4-5-8(9,10)6-7(2)3/h4,7H,1,5-6H2,2-3H3. The maximum Gasteiger partial charge on any atom is 0.251 e. The molecule has 0 N–H and O–H groups in total. The smallest absolute Gasteiger partial charge is 0.207 e. The minimum atomic E-state index is -2.55. The van der Waals surface area contributed by atoms with Crippen LogP contribution in [-0.4, -0.2) is 5.92 Å². The van der Waals surface area contributed by atoms with Gasteiger partial charge in [-0.2, -0.15) is 0 Å². The summed E-state index contributed by atoms with van der Waals surface area (Å²) >= 11 is 0. The molecule has 0 aliphatic rings. The van der Waals surface area contributed by atoms with Gasteiger partial charge in [0.15, 0.2) is 0 Å². The third kappa shape index (κ3) is 4.48. The van der Waals surface area contributed by atoms with Gasteiger partial charge in [-0.25, -0.2) is 8.78 Å². The van der Waals surface area contributed by atoms with Gasteiger partial charge in [0.05, 0.1) is 0 Å². The Kier molecular flexibility index (Phi) is 3.54. The summed E-state index contributed by atoms with van der Waals surface area (Å²) < 4.78 is 25.2. The van der Waals surface area contributed by atoms with Crippen LogP contribution in [0.3, 0.4) is 0 Å². The molecule has 0 aromatic rings. The van der Waals surface area contributed by atoms with Crippen molar-refractivity contribution in [3.05, 3.63) is 12.7 Å². The number of hydrogen-bond donors (Lipinski definition) is 0. The Labute approximate surface area is 60.9 Å². The van der Waals surface area contributed by atoms with Crippen LogP contribution in [0.2, 0.25) is 0 Å². The van der Waals surface area contributed by atoms with E-state index in [0.717, 1.165) is 0 Å². The minimum absolute atomic E-state index is 0.0426. The largest absolute Gasteiger partial charge is 0.251 e. The van der Waals surface area contributed by atoms with Crippen molar-refractivity contribution < 1.29 is 8.78 Å². The lowest BCUT2D eigenvalue weighted by atomic mass is 10.0.